The molecule has 0 radical (unpaired) electrons. The Bertz CT molecular complexity index is 581. The highest BCUT2D eigenvalue weighted by Gasteiger charge is 2.16. The van der Waals surface area contributed by atoms with Crippen molar-refractivity contribution < 1.29 is 0 Å². The highest BCUT2D eigenvalue weighted by Crippen LogP contribution is 2.28. The first-order valence-corrected chi connectivity index (χ1v) is 8.05. The van der Waals surface area contributed by atoms with Crippen LogP contribution in [0.1, 0.15) is 41.6 Å². The van der Waals surface area contributed by atoms with Gasteiger partial charge in [-0.3, -0.25) is 5.84 Å². The number of nitrogens with one attached hydrogen (secondary N) is 1. The summed E-state index contributed by atoms with van der Waals surface area (Å²) >= 11 is 2.40. The van der Waals surface area contributed by atoms with Gasteiger partial charge < -0.3 is 0 Å². The minimum absolute atomic E-state index is 0.0404. The molecule has 2 aromatic rings. The van der Waals surface area contributed by atoms with Crippen LogP contribution in [0.4, 0.5) is 0 Å². The summed E-state index contributed by atoms with van der Waals surface area (Å²) in [5, 5.41) is 0. The van der Waals surface area contributed by atoms with Crippen LogP contribution in [-0.4, -0.2) is 0 Å². The lowest BCUT2D eigenvalue weighted by Crippen LogP contribution is -2.29. The fourth-order valence-corrected chi connectivity index (χ4v) is 3.15. The molecule has 3 heteroatoms. The molecule has 0 aliphatic carbocycles. The van der Waals surface area contributed by atoms with Crippen LogP contribution in [-0.2, 0) is 6.42 Å². The summed E-state index contributed by atoms with van der Waals surface area (Å²) in [6, 6.07) is 15.1. The van der Waals surface area contributed by atoms with Gasteiger partial charge in [-0.15, -0.1) is 0 Å². The van der Waals surface area contributed by atoms with Crippen molar-refractivity contribution in [3.8, 4) is 0 Å². The molecule has 0 aliphatic rings. The summed E-state index contributed by atoms with van der Waals surface area (Å²) in [4.78, 5) is 0. The van der Waals surface area contributed by atoms with E-state index in [1.54, 1.807) is 0 Å². The summed E-state index contributed by atoms with van der Waals surface area (Å²) in [5.74, 6) is 5.83. The Morgan fingerprint density at radius 3 is 2.65 bits per heavy atom. The van der Waals surface area contributed by atoms with Crippen molar-refractivity contribution in [3.05, 3.63) is 68.3 Å². The van der Waals surface area contributed by atoms with E-state index >= 15 is 0 Å². The van der Waals surface area contributed by atoms with Crippen LogP contribution in [0.2, 0.25) is 0 Å². The van der Waals surface area contributed by atoms with Gasteiger partial charge in [-0.25, -0.2) is 5.43 Å². The second kappa shape index (κ2) is 7.20. The summed E-state index contributed by atoms with van der Waals surface area (Å²) < 4.78 is 1.27. The van der Waals surface area contributed by atoms with Gasteiger partial charge in [-0.1, -0.05) is 55.8 Å². The molecule has 1 atom stereocenters. The molecule has 0 saturated heterocycles. The van der Waals surface area contributed by atoms with E-state index in [1.807, 2.05) is 0 Å². The van der Waals surface area contributed by atoms with Crippen molar-refractivity contribution in [1.82, 2.24) is 5.43 Å². The van der Waals surface area contributed by atoms with E-state index in [0.29, 0.717) is 0 Å². The summed E-state index contributed by atoms with van der Waals surface area (Å²) in [6.07, 6.45) is 2.27. The first-order chi connectivity index (χ1) is 9.67. The standard InChI is InChI=1S/C17H21IN2/c1-3-6-13-8-5-9-14(11-13)17(20-19)15-10-4-7-12(2)16(15)18/h4-5,7-11,17,20H,3,6,19H2,1-2H3. The lowest BCUT2D eigenvalue weighted by molar-refractivity contribution is 0.633. The molecule has 20 heavy (non-hydrogen) atoms. The van der Waals surface area contributed by atoms with Crippen LogP contribution >= 0.6 is 22.6 Å². The fraction of sp³-hybridized carbons (Fsp3) is 0.294. The number of hydrogen-bond donors (Lipinski definition) is 2. The molecule has 0 aliphatic heterocycles. The molecule has 2 nitrogen and oxygen atoms in total. The predicted octanol–water partition coefficient (Wildman–Crippen LogP) is 4.10. The molecular weight excluding hydrogens is 359 g/mol. The van der Waals surface area contributed by atoms with Crippen molar-refractivity contribution in [3.63, 3.8) is 0 Å². The predicted molar refractivity (Wildman–Crippen MR) is 93.5 cm³/mol. The van der Waals surface area contributed by atoms with Gasteiger partial charge in [0.15, 0.2) is 0 Å². The number of halogens is 1. The van der Waals surface area contributed by atoms with Crippen LogP contribution in [0.3, 0.4) is 0 Å². The van der Waals surface area contributed by atoms with E-state index in [2.05, 4.69) is 84.3 Å². The third-order valence-electron chi connectivity index (χ3n) is 3.52. The molecule has 0 heterocycles. The van der Waals surface area contributed by atoms with Gasteiger partial charge in [0, 0.05) is 3.57 Å². The number of hydrazine groups is 1. The average Bonchev–Trinajstić information content (AvgIpc) is 2.45. The normalized spacial score (nSPS) is 12.4. The Morgan fingerprint density at radius 1 is 1.20 bits per heavy atom. The maximum atomic E-state index is 5.83. The number of aryl methyl sites for hydroxylation is 2. The molecule has 0 bridgehead atoms. The number of rotatable bonds is 5. The highest BCUT2D eigenvalue weighted by atomic mass is 127. The van der Waals surface area contributed by atoms with Crippen molar-refractivity contribution in [2.24, 2.45) is 5.84 Å². The van der Waals surface area contributed by atoms with E-state index < -0.39 is 0 Å². The molecule has 0 spiro atoms. The molecule has 106 valence electrons. The van der Waals surface area contributed by atoms with Gasteiger partial charge in [0.2, 0.25) is 0 Å². The van der Waals surface area contributed by atoms with E-state index in [-0.39, 0.29) is 6.04 Å². The molecule has 0 fully saturated rings. The smallest absolute Gasteiger partial charge is 0.0720 e. The van der Waals surface area contributed by atoms with E-state index in [1.165, 1.54) is 25.8 Å². The van der Waals surface area contributed by atoms with E-state index in [0.717, 1.165) is 12.8 Å². The Kier molecular flexibility index (Phi) is 5.57. The number of benzene rings is 2. The number of nitrogens with two attached hydrogens (primary N) is 1. The van der Waals surface area contributed by atoms with Crippen LogP contribution in [0.5, 0.6) is 0 Å². The SMILES string of the molecule is CCCc1cccc(C(NN)c2cccc(C)c2I)c1. The zero-order chi connectivity index (χ0) is 14.5. The second-order valence-electron chi connectivity index (χ2n) is 5.07. The zero-order valence-corrected chi connectivity index (χ0v) is 14.1. The molecule has 1 unspecified atom stereocenters. The monoisotopic (exact) mass is 380 g/mol. The van der Waals surface area contributed by atoms with Gasteiger partial charge in [0.1, 0.15) is 0 Å². The maximum absolute atomic E-state index is 5.83. The highest BCUT2D eigenvalue weighted by molar-refractivity contribution is 14.1. The third kappa shape index (κ3) is 3.40. The molecule has 2 aromatic carbocycles. The lowest BCUT2D eigenvalue weighted by Gasteiger charge is -2.20. The topological polar surface area (TPSA) is 38.0 Å². The van der Waals surface area contributed by atoms with Gasteiger partial charge in [0.05, 0.1) is 6.04 Å². The summed E-state index contributed by atoms with van der Waals surface area (Å²) in [7, 11) is 0. The van der Waals surface area contributed by atoms with Gasteiger partial charge >= 0.3 is 0 Å². The largest absolute Gasteiger partial charge is 0.271 e. The second-order valence-corrected chi connectivity index (χ2v) is 6.15. The van der Waals surface area contributed by atoms with Crippen molar-refractivity contribution in [2.45, 2.75) is 32.7 Å². The first-order valence-electron chi connectivity index (χ1n) is 6.97. The first kappa shape index (κ1) is 15.5. The Hall–Kier alpha value is -0.910. The summed E-state index contributed by atoms with van der Waals surface area (Å²) in [6.45, 7) is 4.33. The van der Waals surface area contributed by atoms with Gasteiger partial charge in [0.25, 0.3) is 0 Å². The van der Waals surface area contributed by atoms with Crippen LogP contribution < -0.4 is 11.3 Å². The third-order valence-corrected chi connectivity index (χ3v) is 5.00. The van der Waals surface area contributed by atoms with Gasteiger partial charge in [-0.2, -0.15) is 0 Å². The Morgan fingerprint density at radius 2 is 1.95 bits per heavy atom. The van der Waals surface area contributed by atoms with Crippen molar-refractivity contribution in [2.75, 3.05) is 0 Å². The number of hydrogen-bond acceptors (Lipinski definition) is 2. The summed E-state index contributed by atoms with van der Waals surface area (Å²) in [5.41, 5.74) is 8.08. The van der Waals surface area contributed by atoms with Crippen LogP contribution in [0.25, 0.3) is 0 Å². The Labute approximate surface area is 134 Å². The van der Waals surface area contributed by atoms with E-state index in [9.17, 15) is 0 Å². The molecule has 0 saturated carbocycles. The molecule has 3 N–H and O–H groups in total. The maximum Gasteiger partial charge on any atom is 0.0720 e. The van der Waals surface area contributed by atoms with Gasteiger partial charge in [-0.05, 0) is 58.2 Å². The van der Waals surface area contributed by atoms with Crippen molar-refractivity contribution >= 4 is 22.6 Å². The lowest BCUT2D eigenvalue weighted by atomic mass is 9.95. The molecule has 0 aromatic heterocycles. The van der Waals surface area contributed by atoms with Crippen molar-refractivity contribution in [1.29, 1.82) is 0 Å². The molecular formula is C17H21IN2. The fourth-order valence-electron chi connectivity index (χ4n) is 2.48. The quantitative estimate of drug-likeness (QED) is 0.466. The van der Waals surface area contributed by atoms with E-state index in [4.69, 9.17) is 5.84 Å². The van der Waals surface area contributed by atoms with Crippen LogP contribution in [0, 0.1) is 10.5 Å². The molecule has 2 rings (SSSR count). The van der Waals surface area contributed by atoms with Crippen LogP contribution in [0.15, 0.2) is 42.5 Å². The zero-order valence-electron chi connectivity index (χ0n) is 12.0. The molecule has 0 amide bonds. The minimum atomic E-state index is 0.0404. The minimum Gasteiger partial charge on any atom is -0.271 e. The average molecular weight is 380 g/mol. The Balaban J connectivity index is 2.41.